The Bertz CT molecular complexity index is 1440. The molecular weight excluding hydrogens is 651 g/mol. The van der Waals surface area contributed by atoms with Crippen molar-refractivity contribution in [2.24, 2.45) is 0 Å². The number of halogens is 2. The topological polar surface area (TPSA) is 0 Å². The third kappa shape index (κ3) is 9.52. The summed E-state index contributed by atoms with van der Waals surface area (Å²) in [6.45, 7) is 15.8. The van der Waals surface area contributed by atoms with Gasteiger partial charge in [-0.05, 0) is 28.4 Å². The van der Waals surface area contributed by atoms with Gasteiger partial charge < -0.3 is 24.8 Å². The van der Waals surface area contributed by atoms with Crippen molar-refractivity contribution in [2.75, 3.05) is 0 Å². The summed E-state index contributed by atoms with van der Waals surface area (Å²) in [5, 5.41) is 4.26. The van der Waals surface area contributed by atoms with E-state index in [4.69, 9.17) is 0 Å². The van der Waals surface area contributed by atoms with Gasteiger partial charge in [0.05, 0.1) is 0 Å². The first-order chi connectivity index (χ1) is 18.9. The number of benzene rings is 3. The maximum atomic E-state index is 3.67. The monoisotopic (exact) mass is 688 g/mol. The number of hydrogen-bond donors (Lipinski definition) is 0. The van der Waals surface area contributed by atoms with Crippen molar-refractivity contribution in [3.63, 3.8) is 0 Å². The van der Waals surface area contributed by atoms with Gasteiger partial charge in [-0.1, -0.05) is 81.6 Å². The molecule has 4 heteroatoms. The molecule has 6 rings (SSSR count). The molecule has 0 spiro atoms. The summed E-state index contributed by atoms with van der Waals surface area (Å²) >= 11 is 3.24. The van der Waals surface area contributed by atoms with Gasteiger partial charge in [-0.25, -0.2) is 11.3 Å². The van der Waals surface area contributed by atoms with Gasteiger partial charge in [0.1, 0.15) is 0 Å². The molecule has 0 fully saturated rings. The molecule has 0 aliphatic heterocycles. The molecule has 1 heterocycles. The summed E-state index contributed by atoms with van der Waals surface area (Å²) in [6, 6.07) is 36.2. The third-order valence-electron chi connectivity index (χ3n) is 7.19. The second-order valence-corrected chi connectivity index (χ2v) is 15.1. The van der Waals surface area contributed by atoms with Gasteiger partial charge in [0.2, 0.25) is 0 Å². The van der Waals surface area contributed by atoms with Crippen LogP contribution in [0, 0.1) is 6.07 Å². The Kier molecular flexibility index (Phi) is 13.5. The van der Waals surface area contributed by atoms with Crippen LogP contribution in [0.25, 0.3) is 22.3 Å². The van der Waals surface area contributed by atoms with E-state index in [1.165, 1.54) is 77.5 Å². The Hall–Kier alpha value is -1.96. The summed E-state index contributed by atoms with van der Waals surface area (Å²) in [6.07, 6.45) is 1.03. The Balaban J connectivity index is 0.000000245. The van der Waals surface area contributed by atoms with Crippen LogP contribution in [0.2, 0.25) is 0 Å². The molecule has 0 N–H and O–H groups in total. The van der Waals surface area contributed by atoms with Gasteiger partial charge >= 0.3 is 70.3 Å². The average Bonchev–Trinajstić information content (AvgIpc) is 3.69. The first-order valence-corrected chi connectivity index (χ1v) is 16.1. The van der Waals surface area contributed by atoms with Gasteiger partial charge in [0.15, 0.2) is 0 Å². The molecule has 0 atom stereocenters. The molecule has 218 valence electrons. The largest absolute Gasteiger partial charge is 1.00 e. The molecule has 42 heavy (non-hydrogen) atoms. The van der Waals surface area contributed by atoms with Gasteiger partial charge in [0, 0.05) is 0 Å². The van der Waals surface area contributed by atoms with Crippen molar-refractivity contribution in [3.05, 3.63) is 136 Å². The number of thiophene rings is 1. The van der Waals surface area contributed by atoms with E-state index in [1.807, 2.05) is 6.07 Å². The fourth-order valence-electron chi connectivity index (χ4n) is 4.71. The minimum atomic E-state index is 0. The van der Waals surface area contributed by atoms with Crippen molar-refractivity contribution < 1.29 is 49.0 Å². The predicted molar refractivity (Wildman–Crippen MR) is 172 cm³/mol. The predicted octanol–water partition coefficient (Wildman–Crippen LogP) is 4.57. The molecule has 1 aliphatic carbocycles. The summed E-state index contributed by atoms with van der Waals surface area (Å²) in [7, 11) is 0. The number of fused-ring (bicyclic) bond motifs is 3. The normalized spacial score (nSPS) is 11.4. The Morgan fingerprint density at radius 2 is 1.43 bits per heavy atom. The SMILES string of the molecule is CC(C)(C)c1[c-]c2c(cc1)-c1ccc(C(C)(C)C)cc1C2.C[C](=[Zr+2])c1ccccc1.[Cl-].[Cl-].c1cc[c-](-c2ccsc2)c1. The van der Waals surface area contributed by atoms with E-state index in [-0.39, 0.29) is 35.6 Å². The van der Waals surface area contributed by atoms with E-state index in [0.29, 0.717) is 0 Å². The molecule has 0 saturated heterocycles. The first-order valence-electron chi connectivity index (χ1n) is 14.0. The quantitative estimate of drug-likeness (QED) is 0.234. The Labute approximate surface area is 285 Å². The fourth-order valence-corrected chi connectivity index (χ4v) is 5.79. The van der Waals surface area contributed by atoms with E-state index in [2.05, 4.69) is 150 Å². The van der Waals surface area contributed by atoms with Crippen LogP contribution >= 0.6 is 11.3 Å². The molecule has 0 nitrogen and oxygen atoms in total. The fraction of sp³-hybridized carbons (Fsp3) is 0.263. The third-order valence-corrected chi connectivity index (χ3v) is 8.58. The molecule has 0 saturated carbocycles. The van der Waals surface area contributed by atoms with Crippen LogP contribution in [-0.2, 0) is 41.5 Å². The maximum absolute atomic E-state index is 3.67. The molecule has 0 radical (unpaired) electrons. The van der Waals surface area contributed by atoms with Crippen molar-refractivity contribution in [1.29, 1.82) is 0 Å². The van der Waals surface area contributed by atoms with Crippen LogP contribution in [0.5, 0.6) is 0 Å². The molecular formula is C38H40Cl2SZr-2. The summed E-state index contributed by atoms with van der Waals surface area (Å²) in [5.74, 6) is 0. The van der Waals surface area contributed by atoms with Crippen molar-refractivity contribution in [3.8, 4) is 22.3 Å². The maximum Gasteiger partial charge on any atom is -0.0501 e. The van der Waals surface area contributed by atoms with Crippen molar-refractivity contribution in [1.82, 2.24) is 0 Å². The molecule has 4 aromatic carbocycles. The van der Waals surface area contributed by atoms with E-state index < -0.39 is 0 Å². The van der Waals surface area contributed by atoms with Gasteiger partial charge in [-0.15, -0.1) is 34.9 Å². The Morgan fingerprint density at radius 1 is 0.786 bits per heavy atom. The zero-order valence-corrected chi connectivity index (χ0v) is 30.5. The summed E-state index contributed by atoms with van der Waals surface area (Å²) in [4.78, 5) is 0. The van der Waals surface area contributed by atoms with Gasteiger partial charge in [-0.3, -0.25) is 0 Å². The average molecular weight is 691 g/mol. The molecule has 5 aromatic rings. The molecule has 0 bridgehead atoms. The summed E-state index contributed by atoms with van der Waals surface area (Å²) < 4.78 is 1.46. The zero-order chi connectivity index (χ0) is 28.9. The van der Waals surface area contributed by atoms with Crippen molar-refractivity contribution in [2.45, 2.75) is 65.7 Å². The first kappa shape index (κ1) is 36.2. The van der Waals surface area contributed by atoms with Crippen molar-refractivity contribution >= 4 is 14.5 Å². The Morgan fingerprint density at radius 3 is 1.95 bits per heavy atom. The second kappa shape index (κ2) is 15.7. The van der Waals surface area contributed by atoms with Crippen LogP contribution < -0.4 is 24.8 Å². The van der Waals surface area contributed by atoms with Gasteiger partial charge in [-0.2, -0.15) is 35.9 Å². The number of rotatable bonds is 2. The minimum absolute atomic E-state index is 0. The van der Waals surface area contributed by atoms with E-state index in [9.17, 15) is 0 Å². The molecule has 1 aromatic heterocycles. The molecule has 0 amide bonds. The zero-order valence-electron chi connectivity index (χ0n) is 25.7. The standard InChI is InChI=1S/C21H25.C9H7S.C8H8.2ClH.Zr/c1-20(2,3)16-7-9-18-14(12-16)11-15-13-17(21(4,5)6)8-10-19(15)18;1-2-4-8(3-1)9-5-6-10-7-9;1-2-8-6-4-3-5-7-8;;;/h7-10,12H,11H2,1-6H3;1-7H;3-7H,1H3;2*1H;/q2*-1;;;;+2/p-2. The van der Waals surface area contributed by atoms with Crippen LogP contribution in [0.1, 0.15) is 76.3 Å². The minimum Gasteiger partial charge on any atom is -1.00 e. The van der Waals surface area contributed by atoms with E-state index in [1.54, 1.807) is 11.3 Å². The van der Waals surface area contributed by atoms with E-state index in [0.717, 1.165) is 6.42 Å². The smallest absolute Gasteiger partial charge is 0.0501 e. The second-order valence-electron chi connectivity index (χ2n) is 12.5. The van der Waals surface area contributed by atoms with Gasteiger partial charge in [0.25, 0.3) is 0 Å². The van der Waals surface area contributed by atoms with Crippen LogP contribution in [0.4, 0.5) is 0 Å². The number of hydrogen-bond acceptors (Lipinski definition) is 1. The van der Waals surface area contributed by atoms with Crippen LogP contribution in [-0.4, -0.2) is 3.21 Å². The van der Waals surface area contributed by atoms with Crippen LogP contribution in [0.3, 0.4) is 0 Å². The van der Waals surface area contributed by atoms with E-state index >= 15 is 0 Å². The summed E-state index contributed by atoms with van der Waals surface area (Å²) in [5.41, 5.74) is 12.7. The van der Waals surface area contributed by atoms with Crippen LogP contribution in [0.15, 0.2) is 102 Å². The molecule has 0 unspecified atom stereocenters. The molecule has 1 aliphatic rings.